The van der Waals surface area contributed by atoms with Crippen LogP contribution in [0.25, 0.3) is 54.3 Å². The molecule has 9 aromatic carbocycles. The molecule has 0 N–H and O–H groups in total. The Bertz CT molecular complexity index is 3670. The smallest absolute Gasteiger partial charge is 0.148 e. The molecule has 0 amide bonds. The largest absolute Gasteiger partial charge is 0.310 e. The van der Waals surface area contributed by atoms with Gasteiger partial charge in [-0.15, -0.1) is 11.3 Å². The number of fused-ring (bicyclic) bond motifs is 7. The maximum Gasteiger partial charge on any atom is 0.148 e. The minimum Gasteiger partial charge on any atom is -0.310 e. The third-order valence-electron chi connectivity index (χ3n) is 15.2. The van der Waals surface area contributed by atoms with Gasteiger partial charge in [0.25, 0.3) is 0 Å². The van der Waals surface area contributed by atoms with Crippen molar-refractivity contribution in [2.75, 3.05) is 9.80 Å². The van der Waals surface area contributed by atoms with Crippen molar-refractivity contribution < 1.29 is 4.39 Å². The molecule has 72 heavy (non-hydrogen) atoms. The van der Waals surface area contributed by atoms with Crippen LogP contribution >= 0.6 is 11.3 Å². The van der Waals surface area contributed by atoms with Crippen molar-refractivity contribution in [2.45, 2.75) is 58.2 Å². The Morgan fingerprint density at radius 3 is 1.38 bits per heavy atom. The monoisotopic (exact) mass is 968 g/mol. The summed E-state index contributed by atoms with van der Waals surface area (Å²) in [5.41, 5.74) is 18.8. The summed E-state index contributed by atoms with van der Waals surface area (Å²) in [5.74, 6) is -0.289. The molecular formula is C67H57FN2SSi. The van der Waals surface area contributed by atoms with E-state index in [1.807, 2.05) is 53.8 Å². The normalized spacial score (nSPS) is 13.8. The lowest BCUT2D eigenvalue weighted by molar-refractivity contribution is 0.603. The SMILES string of the molecule is CC1(C)c2cc(N(c3ccccc3)c3ccc([Si](C)(C)C)cc3)ccc2-c2sc3c(c21)C(C)(C)c1cc(N(c2ccccc2-c2ccccc2)c2c(F)cc(-c4ccccc4)cc2-c2ccccc2)ccc1-3. The zero-order valence-corrected chi connectivity index (χ0v) is 43.8. The molecule has 0 atom stereocenters. The molecule has 0 saturated heterocycles. The lowest BCUT2D eigenvalue weighted by Crippen LogP contribution is -2.37. The van der Waals surface area contributed by atoms with E-state index in [0.29, 0.717) is 5.69 Å². The minimum absolute atomic E-state index is 0.272. The number of thiophene rings is 1. The summed E-state index contributed by atoms with van der Waals surface area (Å²) < 4.78 is 17.9. The van der Waals surface area contributed by atoms with Crippen molar-refractivity contribution in [3.05, 3.63) is 246 Å². The summed E-state index contributed by atoms with van der Waals surface area (Å²) in [6, 6.07) is 77.2. The van der Waals surface area contributed by atoms with E-state index in [1.165, 1.54) is 48.3 Å². The molecule has 2 aliphatic rings. The average molecular weight is 969 g/mol. The average Bonchev–Trinajstić information content (AvgIpc) is 3.98. The Morgan fingerprint density at radius 1 is 0.389 bits per heavy atom. The van der Waals surface area contributed by atoms with Crippen LogP contribution in [0.2, 0.25) is 19.6 Å². The topological polar surface area (TPSA) is 6.48 Å². The summed E-state index contributed by atoms with van der Waals surface area (Å²) in [6.07, 6.45) is 0. The van der Waals surface area contributed by atoms with Crippen LogP contribution in [0.3, 0.4) is 0 Å². The van der Waals surface area contributed by atoms with Crippen molar-refractivity contribution in [3.8, 4) is 54.3 Å². The molecule has 0 aliphatic heterocycles. The third kappa shape index (κ3) is 7.48. The van der Waals surface area contributed by atoms with Crippen LogP contribution in [0.15, 0.2) is 218 Å². The van der Waals surface area contributed by atoms with E-state index in [-0.39, 0.29) is 16.6 Å². The highest BCUT2D eigenvalue weighted by Crippen LogP contribution is 2.64. The first kappa shape index (κ1) is 45.6. The molecule has 1 heterocycles. The van der Waals surface area contributed by atoms with Gasteiger partial charge in [0.05, 0.1) is 19.4 Å². The van der Waals surface area contributed by atoms with Gasteiger partial charge in [0.1, 0.15) is 5.82 Å². The Hall–Kier alpha value is -7.57. The highest BCUT2D eigenvalue weighted by molar-refractivity contribution is 7.19. The van der Waals surface area contributed by atoms with Gasteiger partial charge < -0.3 is 9.80 Å². The number of hydrogen-bond donors (Lipinski definition) is 0. The van der Waals surface area contributed by atoms with E-state index in [0.717, 1.165) is 61.8 Å². The second-order valence-electron chi connectivity index (χ2n) is 21.5. The lowest BCUT2D eigenvalue weighted by Gasteiger charge is -2.32. The molecule has 10 aromatic rings. The van der Waals surface area contributed by atoms with E-state index in [4.69, 9.17) is 0 Å². The summed E-state index contributed by atoms with van der Waals surface area (Å²) in [7, 11) is -1.48. The molecule has 352 valence electrons. The molecule has 0 spiro atoms. The van der Waals surface area contributed by atoms with E-state index in [9.17, 15) is 0 Å². The highest BCUT2D eigenvalue weighted by Gasteiger charge is 2.48. The predicted octanol–water partition coefficient (Wildman–Crippen LogP) is 19.0. The van der Waals surface area contributed by atoms with Gasteiger partial charge in [0.2, 0.25) is 0 Å². The first-order valence-corrected chi connectivity index (χ1v) is 29.4. The third-order valence-corrected chi connectivity index (χ3v) is 18.6. The second kappa shape index (κ2) is 17.3. The molecule has 2 aliphatic carbocycles. The number of halogens is 1. The summed E-state index contributed by atoms with van der Waals surface area (Å²) in [4.78, 5) is 7.29. The van der Waals surface area contributed by atoms with E-state index in [2.05, 4.69) is 227 Å². The molecule has 0 saturated carbocycles. The van der Waals surface area contributed by atoms with Crippen LogP contribution in [-0.4, -0.2) is 8.07 Å². The summed E-state index contributed by atoms with van der Waals surface area (Å²) in [5, 5.41) is 1.45. The summed E-state index contributed by atoms with van der Waals surface area (Å²) in [6.45, 7) is 16.9. The zero-order chi connectivity index (χ0) is 49.5. The highest BCUT2D eigenvalue weighted by atomic mass is 32.1. The predicted molar refractivity (Wildman–Crippen MR) is 308 cm³/mol. The number of nitrogens with zero attached hydrogens (tertiary/aromatic N) is 2. The van der Waals surface area contributed by atoms with Crippen LogP contribution in [-0.2, 0) is 10.8 Å². The van der Waals surface area contributed by atoms with Crippen LogP contribution in [0.5, 0.6) is 0 Å². The number of anilines is 6. The van der Waals surface area contributed by atoms with Crippen molar-refractivity contribution >= 4 is 58.7 Å². The Balaban J connectivity index is 1.00. The first-order valence-electron chi connectivity index (χ1n) is 25.1. The molecular weight excluding hydrogens is 912 g/mol. The molecule has 5 heteroatoms. The van der Waals surface area contributed by atoms with Gasteiger partial charge in [-0.2, -0.15) is 0 Å². The quantitative estimate of drug-likeness (QED) is 0.126. The van der Waals surface area contributed by atoms with E-state index >= 15 is 4.39 Å². The maximum atomic E-state index is 17.9. The Labute approximate surface area is 429 Å². The van der Waals surface area contributed by atoms with Gasteiger partial charge >= 0.3 is 0 Å². The van der Waals surface area contributed by atoms with Crippen molar-refractivity contribution in [3.63, 3.8) is 0 Å². The van der Waals surface area contributed by atoms with Crippen LogP contribution in [0.1, 0.15) is 49.9 Å². The first-order chi connectivity index (χ1) is 34.8. The number of rotatable bonds is 10. The second-order valence-corrected chi connectivity index (χ2v) is 27.6. The fraction of sp³-hybridized carbons (Fsp3) is 0.134. The van der Waals surface area contributed by atoms with Crippen molar-refractivity contribution in [1.29, 1.82) is 0 Å². The van der Waals surface area contributed by atoms with Gasteiger partial charge in [-0.3, -0.25) is 0 Å². The van der Waals surface area contributed by atoms with Crippen molar-refractivity contribution in [1.82, 2.24) is 0 Å². The molecule has 1 aromatic heterocycles. The Kier molecular flexibility index (Phi) is 11.0. The van der Waals surface area contributed by atoms with Gasteiger partial charge in [0, 0.05) is 54.5 Å². The molecule has 2 nitrogen and oxygen atoms in total. The number of hydrogen-bond acceptors (Lipinski definition) is 3. The van der Waals surface area contributed by atoms with E-state index in [1.54, 1.807) is 6.07 Å². The standard InChI is InChI=1S/C67H57FN2SSi/c1-66(2)57-42-50(69(48-28-18-11-19-29-48)49-32-36-52(37-33-49)72(5,6)7)34-38-54(57)64-61(66)62-65(71-64)55-39-35-51(43-58(55)67(62,3)4)70(60-31-21-20-30-53(60)45-24-14-9-15-25-45)63-56(46-26-16-10-17-27-46)40-47(41-59(63)68)44-22-12-8-13-23-44/h8-43H,1-7H3. The molecule has 12 rings (SSSR count). The van der Waals surface area contributed by atoms with Gasteiger partial charge in [-0.05, 0) is 122 Å². The maximum absolute atomic E-state index is 17.9. The summed E-state index contributed by atoms with van der Waals surface area (Å²) >= 11 is 1.94. The molecule has 0 unspecified atom stereocenters. The van der Waals surface area contributed by atoms with Gasteiger partial charge in [0.15, 0.2) is 0 Å². The molecule has 0 radical (unpaired) electrons. The minimum atomic E-state index is -1.48. The van der Waals surface area contributed by atoms with Crippen LogP contribution < -0.4 is 15.0 Å². The lowest BCUT2D eigenvalue weighted by atomic mass is 9.74. The van der Waals surface area contributed by atoms with Gasteiger partial charge in [-0.25, -0.2) is 4.39 Å². The molecule has 0 fully saturated rings. The van der Waals surface area contributed by atoms with Crippen LogP contribution in [0, 0.1) is 5.82 Å². The van der Waals surface area contributed by atoms with Crippen LogP contribution in [0.4, 0.5) is 38.5 Å². The Morgan fingerprint density at radius 2 is 0.833 bits per heavy atom. The fourth-order valence-electron chi connectivity index (χ4n) is 11.6. The van der Waals surface area contributed by atoms with Crippen molar-refractivity contribution in [2.24, 2.45) is 0 Å². The molecule has 0 bridgehead atoms. The van der Waals surface area contributed by atoms with Gasteiger partial charge in [-0.1, -0.05) is 204 Å². The number of para-hydroxylation sites is 2. The van der Waals surface area contributed by atoms with E-state index < -0.39 is 8.07 Å². The fourth-order valence-corrected chi connectivity index (χ4v) is 14.4. The number of benzene rings is 9. The zero-order valence-electron chi connectivity index (χ0n) is 42.0.